The summed E-state index contributed by atoms with van der Waals surface area (Å²) >= 11 is 0. The van der Waals surface area contributed by atoms with Gasteiger partial charge in [-0.05, 0) is 42.5 Å². The molecule has 2 rings (SSSR count). The fraction of sp³-hybridized carbons (Fsp3) is 0.462. The average Bonchev–Trinajstić information content (AvgIpc) is 2.81. The summed E-state index contributed by atoms with van der Waals surface area (Å²) in [5.74, 6) is 0.410. The molecule has 1 aromatic rings. The van der Waals surface area contributed by atoms with Gasteiger partial charge in [0.05, 0.1) is 12.7 Å². The number of rotatable bonds is 3. The zero-order chi connectivity index (χ0) is 11.5. The van der Waals surface area contributed by atoms with Crippen LogP contribution in [0.3, 0.4) is 0 Å². The summed E-state index contributed by atoms with van der Waals surface area (Å²) in [5, 5.41) is 8.97. The van der Waals surface area contributed by atoms with Gasteiger partial charge in [0.2, 0.25) is 0 Å². The Morgan fingerprint density at radius 2 is 2.06 bits per heavy atom. The fourth-order valence-electron chi connectivity index (χ4n) is 2.42. The average molecular weight is 220 g/mol. The van der Waals surface area contributed by atoms with Crippen molar-refractivity contribution in [2.45, 2.75) is 31.6 Å². The van der Waals surface area contributed by atoms with Crippen molar-refractivity contribution >= 4 is 5.97 Å². The van der Waals surface area contributed by atoms with E-state index >= 15 is 0 Å². The number of carbonyl (C=O) groups is 1. The normalized spacial score (nSPS) is 16.3. The summed E-state index contributed by atoms with van der Waals surface area (Å²) in [6.07, 6.45) is 4.73. The van der Waals surface area contributed by atoms with Crippen molar-refractivity contribution in [3.05, 3.63) is 29.3 Å². The molecule has 16 heavy (non-hydrogen) atoms. The second-order valence-electron chi connectivity index (χ2n) is 4.24. The molecule has 0 aromatic heterocycles. The van der Waals surface area contributed by atoms with Crippen LogP contribution in [0.2, 0.25) is 0 Å². The number of hydrogen-bond acceptors (Lipinski definition) is 2. The topological polar surface area (TPSA) is 46.5 Å². The molecule has 0 unspecified atom stereocenters. The van der Waals surface area contributed by atoms with Gasteiger partial charge in [-0.25, -0.2) is 4.79 Å². The lowest BCUT2D eigenvalue weighted by Gasteiger charge is -2.14. The molecule has 86 valence electrons. The van der Waals surface area contributed by atoms with E-state index < -0.39 is 5.97 Å². The first-order chi connectivity index (χ1) is 7.72. The standard InChI is InChI=1S/C13H16O3/c1-16-12-7-6-10(13(14)15)8-11(12)9-4-2-3-5-9/h6-9H,2-5H2,1H3,(H,14,15). The fourth-order valence-corrected chi connectivity index (χ4v) is 2.42. The van der Waals surface area contributed by atoms with E-state index in [9.17, 15) is 4.79 Å². The Hall–Kier alpha value is -1.51. The van der Waals surface area contributed by atoms with Crippen LogP contribution in [0.15, 0.2) is 18.2 Å². The van der Waals surface area contributed by atoms with Crippen LogP contribution in [0.1, 0.15) is 47.5 Å². The van der Waals surface area contributed by atoms with Gasteiger partial charge in [-0.3, -0.25) is 0 Å². The Kier molecular flexibility index (Phi) is 3.13. The van der Waals surface area contributed by atoms with Crippen molar-refractivity contribution in [1.29, 1.82) is 0 Å². The van der Waals surface area contributed by atoms with Gasteiger partial charge in [0.15, 0.2) is 0 Å². The Morgan fingerprint density at radius 3 is 2.62 bits per heavy atom. The molecule has 0 atom stereocenters. The lowest BCUT2D eigenvalue weighted by Crippen LogP contribution is -2.02. The van der Waals surface area contributed by atoms with Crippen LogP contribution in [-0.2, 0) is 0 Å². The molecule has 0 radical (unpaired) electrons. The number of carboxylic acids is 1. The van der Waals surface area contributed by atoms with Crippen molar-refractivity contribution in [2.75, 3.05) is 7.11 Å². The lowest BCUT2D eigenvalue weighted by atomic mass is 9.95. The first-order valence-electron chi connectivity index (χ1n) is 5.63. The van der Waals surface area contributed by atoms with E-state index in [1.807, 2.05) is 0 Å². The van der Waals surface area contributed by atoms with E-state index in [2.05, 4.69) is 0 Å². The lowest BCUT2D eigenvalue weighted by molar-refractivity contribution is 0.0696. The van der Waals surface area contributed by atoms with E-state index in [0.29, 0.717) is 11.5 Å². The molecular formula is C13H16O3. The number of aromatic carboxylic acids is 1. The second kappa shape index (κ2) is 4.56. The molecule has 1 saturated carbocycles. The number of methoxy groups -OCH3 is 1. The molecular weight excluding hydrogens is 204 g/mol. The highest BCUT2D eigenvalue weighted by Crippen LogP contribution is 2.39. The minimum Gasteiger partial charge on any atom is -0.496 e. The molecule has 1 aliphatic carbocycles. The maximum atomic E-state index is 10.9. The van der Waals surface area contributed by atoms with Crippen molar-refractivity contribution in [2.24, 2.45) is 0 Å². The highest BCUT2D eigenvalue weighted by molar-refractivity contribution is 5.88. The minimum absolute atomic E-state index is 0.350. The third-order valence-electron chi connectivity index (χ3n) is 3.27. The maximum absolute atomic E-state index is 10.9. The summed E-state index contributed by atoms with van der Waals surface area (Å²) in [6, 6.07) is 5.12. The Morgan fingerprint density at radius 1 is 1.38 bits per heavy atom. The second-order valence-corrected chi connectivity index (χ2v) is 4.24. The largest absolute Gasteiger partial charge is 0.496 e. The van der Waals surface area contributed by atoms with Crippen molar-refractivity contribution < 1.29 is 14.6 Å². The molecule has 1 aromatic carbocycles. The number of ether oxygens (including phenoxy) is 1. The molecule has 3 heteroatoms. The highest BCUT2D eigenvalue weighted by Gasteiger charge is 2.21. The molecule has 0 bridgehead atoms. The molecule has 0 saturated heterocycles. The van der Waals surface area contributed by atoms with E-state index in [-0.39, 0.29) is 0 Å². The maximum Gasteiger partial charge on any atom is 0.335 e. The monoisotopic (exact) mass is 220 g/mol. The molecule has 1 N–H and O–H groups in total. The summed E-state index contributed by atoms with van der Waals surface area (Å²) in [6.45, 7) is 0. The zero-order valence-electron chi connectivity index (χ0n) is 9.40. The van der Waals surface area contributed by atoms with Crippen LogP contribution < -0.4 is 4.74 Å². The highest BCUT2D eigenvalue weighted by atomic mass is 16.5. The van der Waals surface area contributed by atoms with Gasteiger partial charge in [-0.2, -0.15) is 0 Å². The van der Waals surface area contributed by atoms with Crippen molar-refractivity contribution in [3.8, 4) is 5.75 Å². The molecule has 0 spiro atoms. The van der Waals surface area contributed by atoms with Crippen molar-refractivity contribution in [3.63, 3.8) is 0 Å². The van der Waals surface area contributed by atoms with Crippen molar-refractivity contribution in [1.82, 2.24) is 0 Å². The summed E-state index contributed by atoms with van der Waals surface area (Å²) < 4.78 is 5.30. The van der Waals surface area contributed by atoms with Gasteiger partial charge in [-0.15, -0.1) is 0 Å². The quantitative estimate of drug-likeness (QED) is 0.851. The first-order valence-corrected chi connectivity index (χ1v) is 5.63. The SMILES string of the molecule is COc1ccc(C(=O)O)cc1C1CCCC1. The van der Waals surface area contributed by atoms with Gasteiger partial charge in [0.25, 0.3) is 0 Å². The molecule has 1 fully saturated rings. The predicted molar refractivity (Wildman–Crippen MR) is 61.2 cm³/mol. The van der Waals surface area contributed by atoms with Gasteiger partial charge < -0.3 is 9.84 Å². The third-order valence-corrected chi connectivity index (χ3v) is 3.27. The number of benzene rings is 1. The Labute approximate surface area is 95.0 Å². The van der Waals surface area contributed by atoms with Crippen LogP contribution in [0, 0.1) is 0 Å². The summed E-state index contributed by atoms with van der Waals surface area (Å²) in [5.41, 5.74) is 1.41. The van der Waals surface area contributed by atoms with Crippen LogP contribution in [0.25, 0.3) is 0 Å². The number of hydrogen-bond donors (Lipinski definition) is 1. The van der Waals surface area contributed by atoms with E-state index in [1.54, 1.807) is 25.3 Å². The Balaban J connectivity index is 2.38. The number of carboxylic acid groups (broad SMARTS) is 1. The van der Waals surface area contributed by atoms with Gasteiger partial charge in [0, 0.05) is 0 Å². The van der Waals surface area contributed by atoms with Crippen LogP contribution >= 0.6 is 0 Å². The smallest absolute Gasteiger partial charge is 0.335 e. The van der Waals surface area contributed by atoms with Gasteiger partial charge >= 0.3 is 5.97 Å². The Bertz CT molecular complexity index is 392. The third kappa shape index (κ3) is 2.03. The zero-order valence-corrected chi connectivity index (χ0v) is 9.40. The summed E-state index contributed by atoms with van der Waals surface area (Å²) in [4.78, 5) is 10.9. The minimum atomic E-state index is -0.873. The van der Waals surface area contributed by atoms with Crippen LogP contribution in [0.5, 0.6) is 5.75 Å². The summed E-state index contributed by atoms with van der Waals surface area (Å²) in [7, 11) is 1.63. The first kappa shape index (κ1) is 11.0. The van der Waals surface area contributed by atoms with E-state index in [0.717, 1.165) is 24.2 Å². The van der Waals surface area contributed by atoms with Crippen LogP contribution in [0.4, 0.5) is 0 Å². The van der Waals surface area contributed by atoms with Gasteiger partial charge in [0.1, 0.15) is 5.75 Å². The molecule has 0 aliphatic heterocycles. The van der Waals surface area contributed by atoms with Crippen LogP contribution in [-0.4, -0.2) is 18.2 Å². The van der Waals surface area contributed by atoms with E-state index in [1.165, 1.54) is 12.8 Å². The molecule has 1 aliphatic rings. The molecule has 3 nitrogen and oxygen atoms in total. The molecule has 0 amide bonds. The van der Waals surface area contributed by atoms with E-state index in [4.69, 9.17) is 9.84 Å². The predicted octanol–water partition coefficient (Wildman–Crippen LogP) is 3.05. The molecule has 0 heterocycles. The van der Waals surface area contributed by atoms with Gasteiger partial charge in [-0.1, -0.05) is 12.8 Å².